The molecule has 6 heteroatoms. The van der Waals surface area contributed by atoms with Crippen molar-refractivity contribution in [3.05, 3.63) is 29.3 Å². The third-order valence-corrected chi connectivity index (χ3v) is 3.35. The van der Waals surface area contributed by atoms with Gasteiger partial charge in [0.2, 0.25) is 5.95 Å². The first-order valence-corrected chi connectivity index (χ1v) is 6.29. The summed E-state index contributed by atoms with van der Waals surface area (Å²) in [6, 6.07) is 7.74. The van der Waals surface area contributed by atoms with Crippen LogP contribution in [0.5, 0.6) is 0 Å². The zero-order valence-electron chi connectivity index (χ0n) is 9.81. The molecule has 0 spiro atoms. The highest BCUT2D eigenvalue weighted by Gasteiger charge is 2.22. The molecule has 1 aromatic heterocycles. The molecule has 1 aromatic carbocycles. The highest BCUT2D eigenvalue weighted by Crippen LogP contribution is 2.21. The van der Waals surface area contributed by atoms with Crippen LogP contribution in [0.4, 0.5) is 5.95 Å². The van der Waals surface area contributed by atoms with E-state index in [1.54, 1.807) is 0 Å². The Hall–Kier alpha value is -1.59. The lowest BCUT2D eigenvalue weighted by Crippen LogP contribution is -2.26. The normalized spacial score (nSPS) is 19.4. The summed E-state index contributed by atoms with van der Waals surface area (Å²) in [4.78, 5) is 6.59. The van der Waals surface area contributed by atoms with Gasteiger partial charge in [-0.2, -0.15) is 4.98 Å². The first-order valence-electron chi connectivity index (χ1n) is 5.91. The van der Waals surface area contributed by atoms with Crippen molar-refractivity contribution in [3.8, 4) is 11.4 Å². The first-order chi connectivity index (χ1) is 8.72. The number of halogens is 1. The van der Waals surface area contributed by atoms with Crippen LogP contribution in [0.3, 0.4) is 0 Å². The van der Waals surface area contributed by atoms with Gasteiger partial charge in [0.15, 0.2) is 5.82 Å². The molecule has 0 saturated carbocycles. The quantitative estimate of drug-likeness (QED) is 0.865. The van der Waals surface area contributed by atoms with Gasteiger partial charge < -0.3 is 10.6 Å². The van der Waals surface area contributed by atoms with E-state index < -0.39 is 0 Å². The van der Waals surface area contributed by atoms with Gasteiger partial charge in [-0.15, -0.1) is 5.10 Å². The Labute approximate surface area is 110 Å². The maximum atomic E-state index is 5.87. The van der Waals surface area contributed by atoms with Gasteiger partial charge in [0, 0.05) is 29.7 Å². The van der Waals surface area contributed by atoms with Crippen molar-refractivity contribution < 1.29 is 0 Å². The van der Waals surface area contributed by atoms with Gasteiger partial charge in [0.25, 0.3) is 0 Å². The van der Waals surface area contributed by atoms with Crippen molar-refractivity contribution in [2.24, 2.45) is 5.73 Å². The largest absolute Gasteiger partial charge is 0.338 e. The number of aromatic nitrogens is 3. The topological polar surface area (TPSA) is 70.8 Å². The van der Waals surface area contributed by atoms with Gasteiger partial charge in [0.1, 0.15) is 0 Å². The van der Waals surface area contributed by atoms with Crippen LogP contribution in [-0.4, -0.2) is 34.3 Å². The number of rotatable bonds is 2. The summed E-state index contributed by atoms with van der Waals surface area (Å²) in [6.45, 7) is 1.73. The number of anilines is 1. The van der Waals surface area contributed by atoms with E-state index in [9.17, 15) is 0 Å². The molecule has 2 aromatic rings. The smallest absolute Gasteiger partial charge is 0.245 e. The lowest BCUT2D eigenvalue weighted by molar-refractivity contribution is 0.750. The molecule has 3 rings (SSSR count). The molecule has 0 amide bonds. The number of hydrogen-bond acceptors (Lipinski definition) is 4. The van der Waals surface area contributed by atoms with E-state index >= 15 is 0 Å². The first kappa shape index (κ1) is 11.5. The van der Waals surface area contributed by atoms with E-state index in [1.165, 1.54) is 0 Å². The molecule has 1 atom stereocenters. The van der Waals surface area contributed by atoms with Crippen molar-refractivity contribution in [1.82, 2.24) is 15.2 Å². The molecule has 1 fully saturated rings. The Morgan fingerprint density at radius 3 is 2.78 bits per heavy atom. The van der Waals surface area contributed by atoms with E-state index in [1.807, 2.05) is 24.3 Å². The zero-order chi connectivity index (χ0) is 12.5. The fourth-order valence-electron chi connectivity index (χ4n) is 2.10. The van der Waals surface area contributed by atoms with Gasteiger partial charge in [-0.05, 0) is 30.7 Å². The zero-order valence-corrected chi connectivity index (χ0v) is 10.6. The van der Waals surface area contributed by atoms with E-state index in [-0.39, 0.29) is 6.04 Å². The maximum absolute atomic E-state index is 5.87. The summed E-state index contributed by atoms with van der Waals surface area (Å²) in [5.41, 5.74) is 6.85. The molecular weight excluding hydrogens is 250 g/mol. The van der Waals surface area contributed by atoms with Gasteiger partial charge >= 0.3 is 0 Å². The lowest BCUT2D eigenvalue weighted by atomic mass is 10.2. The van der Waals surface area contributed by atoms with E-state index in [0.29, 0.717) is 11.0 Å². The van der Waals surface area contributed by atoms with E-state index in [2.05, 4.69) is 20.1 Å². The molecule has 1 aliphatic rings. The van der Waals surface area contributed by atoms with Gasteiger partial charge in [-0.1, -0.05) is 11.6 Å². The van der Waals surface area contributed by atoms with Crippen LogP contribution in [0.1, 0.15) is 6.42 Å². The molecule has 18 heavy (non-hydrogen) atoms. The Balaban J connectivity index is 1.83. The molecule has 2 heterocycles. The molecule has 94 valence electrons. The van der Waals surface area contributed by atoms with Crippen LogP contribution in [0.15, 0.2) is 24.3 Å². The number of hydrogen-bond donors (Lipinski definition) is 2. The van der Waals surface area contributed by atoms with Crippen molar-refractivity contribution in [3.63, 3.8) is 0 Å². The summed E-state index contributed by atoms with van der Waals surface area (Å²) in [5.74, 6) is 1.47. The van der Waals surface area contributed by atoms with Crippen LogP contribution >= 0.6 is 11.6 Å². The minimum atomic E-state index is 0.225. The predicted molar refractivity (Wildman–Crippen MR) is 71.6 cm³/mol. The Morgan fingerprint density at radius 2 is 2.11 bits per heavy atom. The summed E-state index contributed by atoms with van der Waals surface area (Å²) in [5, 5.41) is 7.89. The predicted octanol–water partition coefficient (Wildman–Crippen LogP) is 1.66. The molecule has 1 unspecified atom stereocenters. The third kappa shape index (κ3) is 2.19. The Kier molecular flexibility index (Phi) is 2.93. The highest BCUT2D eigenvalue weighted by atomic mass is 35.5. The molecule has 1 aliphatic heterocycles. The minimum absolute atomic E-state index is 0.225. The minimum Gasteiger partial charge on any atom is -0.338 e. The molecule has 5 nitrogen and oxygen atoms in total. The van der Waals surface area contributed by atoms with Crippen molar-refractivity contribution in [2.45, 2.75) is 12.5 Å². The van der Waals surface area contributed by atoms with Crippen LogP contribution in [0.25, 0.3) is 11.4 Å². The van der Waals surface area contributed by atoms with Crippen LogP contribution < -0.4 is 10.6 Å². The molecule has 0 bridgehead atoms. The number of benzene rings is 1. The Bertz CT molecular complexity index is 536. The summed E-state index contributed by atoms with van der Waals surface area (Å²) in [6.07, 6.45) is 0.991. The fourth-order valence-corrected chi connectivity index (χ4v) is 2.23. The third-order valence-electron chi connectivity index (χ3n) is 3.10. The highest BCUT2D eigenvalue weighted by molar-refractivity contribution is 6.30. The van der Waals surface area contributed by atoms with Crippen LogP contribution in [0.2, 0.25) is 5.02 Å². The van der Waals surface area contributed by atoms with Crippen molar-refractivity contribution in [1.29, 1.82) is 0 Å². The van der Waals surface area contributed by atoms with Gasteiger partial charge in [-0.3, -0.25) is 5.10 Å². The number of nitrogens with two attached hydrogens (primary N) is 1. The van der Waals surface area contributed by atoms with Crippen LogP contribution in [-0.2, 0) is 0 Å². The molecule has 0 radical (unpaired) electrons. The van der Waals surface area contributed by atoms with Crippen LogP contribution in [0, 0.1) is 0 Å². The molecular formula is C12H14ClN5. The fraction of sp³-hybridized carbons (Fsp3) is 0.333. The van der Waals surface area contributed by atoms with E-state index in [4.69, 9.17) is 17.3 Å². The number of nitrogens with zero attached hydrogens (tertiary/aromatic N) is 3. The van der Waals surface area contributed by atoms with Crippen molar-refractivity contribution >= 4 is 17.5 Å². The van der Waals surface area contributed by atoms with Gasteiger partial charge in [0.05, 0.1) is 0 Å². The summed E-state index contributed by atoms with van der Waals surface area (Å²) >= 11 is 5.86. The number of H-pyrrole nitrogens is 1. The summed E-state index contributed by atoms with van der Waals surface area (Å²) < 4.78 is 0. The molecule has 1 saturated heterocycles. The second-order valence-electron chi connectivity index (χ2n) is 4.49. The average molecular weight is 264 g/mol. The van der Waals surface area contributed by atoms with Gasteiger partial charge in [-0.25, -0.2) is 0 Å². The second-order valence-corrected chi connectivity index (χ2v) is 4.92. The summed E-state index contributed by atoms with van der Waals surface area (Å²) in [7, 11) is 0. The Morgan fingerprint density at radius 1 is 1.33 bits per heavy atom. The number of aromatic amines is 1. The monoisotopic (exact) mass is 263 g/mol. The SMILES string of the molecule is NC1CCN(c2n[nH]c(-c3ccc(Cl)cc3)n2)C1. The van der Waals surface area contributed by atoms with Crippen molar-refractivity contribution in [2.75, 3.05) is 18.0 Å². The molecule has 3 N–H and O–H groups in total. The second kappa shape index (κ2) is 4.59. The molecule has 0 aliphatic carbocycles. The van der Waals surface area contributed by atoms with E-state index in [0.717, 1.165) is 30.9 Å². The average Bonchev–Trinajstić information content (AvgIpc) is 2.98. The number of nitrogens with one attached hydrogen (secondary N) is 1. The lowest BCUT2D eigenvalue weighted by Gasteiger charge is -2.11. The standard InChI is InChI=1S/C12H14ClN5/c13-9-3-1-8(2-4-9)11-15-12(17-16-11)18-6-5-10(14)7-18/h1-4,10H,5-7,14H2,(H,15,16,17). The maximum Gasteiger partial charge on any atom is 0.245 e.